The van der Waals surface area contributed by atoms with Crippen LogP contribution in [0.2, 0.25) is 0 Å². The zero-order valence-corrected chi connectivity index (χ0v) is 14.0. The Kier molecular flexibility index (Phi) is 3.80. The van der Waals surface area contributed by atoms with Crippen molar-refractivity contribution in [1.29, 1.82) is 0 Å². The number of aliphatic hydroxyl groups is 1. The molecule has 0 aliphatic heterocycles. The van der Waals surface area contributed by atoms with Gasteiger partial charge in [0.15, 0.2) is 11.5 Å². The van der Waals surface area contributed by atoms with E-state index >= 15 is 0 Å². The lowest BCUT2D eigenvalue weighted by Crippen LogP contribution is -2.00. The summed E-state index contributed by atoms with van der Waals surface area (Å²) in [5.74, 6) is 0.513. The molecule has 25 heavy (non-hydrogen) atoms. The maximum atomic E-state index is 11.6. The molecule has 0 fully saturated rings. The second kappa shape index (κ2) is 6.13. The minimum Gasteiger partial charge on any atom is -0.505 e. The van der Waals surface area contributed by atoms with E-state index in [4.69, 9.17) is 4.74 Å². The van der Waals surface area contributed by atoms with E-state index in [1.807, 2.05) is 18.2 Å². The maximum Gasteiger partial charge on any atom is 0.197 e. The van der Waals surface area contributed by atoms with Crippen LogP contribution < -0.4 is 4.74 Å². The van der Waals surface area contributed by atoms with Crippen LogP contribution in [0.25, 0.3) is 10.9 Å². The van der Waals surface area contributed by atoms with Crippen LogP contribution in [0.3, 0.4) is 0 Å². The van der Waals surface area contributed by atoms with Gasteiger partial charge in [-0.1, -0.05) is 24.3 Å². The summed E-state index contributed by atoms with van der Waals surface area (Å²) in [5.41, 5.74) is 3.37. The van der Waals surface area contributed by atoms with Gasteiger partial charge in [-0.15, -0.1) is 0 Å². The van der Waals surface area contributed by atoms with Crippen LogP contribution in [0.4, 0.5) is 0 Å². The minimum absolute atomic E-state index is 0.0405. The summed E-state index contributed by atoms with van der Waals surface area (Å²) in [7, 11) is 1.66. The number of fused-ring (bicyclic) bond motifs is 1. The molecule has 1 aliphatic rings. The van der Waals surface area contributed by atoms with Crippen LogP contribution in [0.15, 0.2) is 66.6 Å². The summed E-state index contributed by atoms with van der Waals surface area (Å²) in [5, 5.41) is 10.8. The van der Waals surface area contributed by atoms with Crippen molar-refractivity contribution >= 4 is 16.7 Å². The van der Waals surface area contributed by atoms with Crippen molar-refractivity contribution in [3.63, 3.8) is 0 Å². The molecule has 0 bridgehead atoms. The number of benzene rings is 2. The van der Waals surface area contributed by atoms with Gasteiger partial charge >= 0.3 is 0 Å². The van der Waals surface area contributed by atoms with Gasteiger partial charge in [-0.3, -0.25) is 4.79 Å². The van der Waals surface area contributed by atoms with Crippen molar-refractivity contribution in [3.8, 4) is 5.75 Å². The van der Waals surface area contributed by atoms with Crippen molar-refractivity contribution in [1.82, 2.24) is 4.57 Å². The molecule has 0 amide bonds. The first kappa shape index (κ1) is 15.5. The standard InChI is InChI=1S/C21H19NO3/c1-25-18-6-2-14(3-7-18)13-22-9-8-15-4-5-16(10-19(15)22)17-11-20(23)21(24)12-17/h2-11,17,23H,12-13H2,1H3. The van der Waals surface area contributed by atoms with Gasteiger partial charge in [-0.25, -0.2) is 0 Å². The lowest BCUT2D eigenvalue weighted by atomic mass is 9.97. The highest BCUT2D eigenvalue weighted by Gasteiger charge is 2.25. The molecule has 4 nitrogen and oxygen atoms in total. The molecule has 0 saturated carbocycles. The SMILES string of the molecule is COc1ccc(Cn2ccc3ccc(C4C=C(O)C(=O)C4)cc32)cc1. The predicted octanol–water partition coefficient (Wildman–Crippen LogP) is 4.20. The monoisotopic (exact) mass is 333 g/mol. The van der Waals surface area contributed by atoms with Gasteiger partial charge in [0.2, 0.25) is 0 Å². The van der Waals surface area contributed by atoms with Crippen LogP contribution in [0.5, 0.6) is 5.75 Å². The average Bonchev–Trinajstić information content (AvgIpc) is 3.19. The first-order valence-corrected chi connectivity index (χ1v) is 8.30. The van der Waals surface area contributed by atoms with Gasteiger partial charge in [0.25, 0.3) is 0 Å². The Balaban J connectivity index is 1.65. The van der Waals surface area contributed by atoms with Crippen LogP contribution >= 0.6 is 0 Å². The molecule has 2 aromatic carbocycles. The number of aliphatic hydroxyl groups excluding tert-OH is 1. The largest absolute Gasteiger partial charge is 0.505 e. The van der Waals surface area contributed by atoms with Crippen molar-refractivity contribution in [3.05, 3.63) is 77.7 Å². The lowest BCUT2D eigenvalue weighted by molar-refractivity contribution is -0.117. The van der Waals surface area contributed by atoms with E-state index in [1.165, 1.54) is 5.56 Å². The molecule has 0 radical (unpaired) electrons. The highest BCUT2D eigenvalue weighted by Crippen LogP contribution is 2.31. The molecule has 1 aromatic heterocycles. The quantitative estimate of drug-likeness (QED) is 0.778. The number of Topliss-reactive ketones (excluding diaryl/α,β-unsaturated/α-hetero) is 1. The van der Waals surface area contributed by atoms with E-state index in [2.05, 4.69) is 41.1 Å². The fourth-order valence-corrected chi connectivity index (χ4v) is 3.36. The van der Waals surface area contributed by atoms with Crippen LogP contribution in [0.1, 0.15) is 23.5 Å². The van der Waals surface area contributed by atoms with E-state index in [0.717, 1.165) is 28.8 Å². The second-order valence-corrected chi connectivity index (χ2v) is 6.40. The number of nitrogens with zero attached hydrogens (tertiary/aromatic N) is 1. The fourth-order valence-electron chi connectivity index (χ4n) is 3.36. The molecule has 1 aliphatic carbocycles. The van der Waals surface area contributed by atoms with Gasteiger partial charge in [-0.05, 0) is 46.9 Å². The van der Waals surface area contributed by atoms with Crippen LogP contribution in [0, 0.1) is 0 Å². The van der Waals surface area contributed by atoms with E-state index in [1.54, 1.807) is 13.2 Å². The van der Waals surface area contributed by atoms with E-state index in [9.17, 15) is 9.90 Å². The first-order chi connectivity index (χ1) is 12.1. The van der Waals surface area contributed by atoms with Gasteiger partial charge < -0.3 is 14.4 Å². The molecule has 4 rings (SSSR count). The fraction of sp³-hybridized carbons (Fsp3) is 0.190. The number of ether oxygens (including phenoxy) is 1. The number of ketones is 1. The Morgan fingerprint density at radius 3 is 2.64 bits per heavy atom. The molecule has 1 atom stereocenters. The minimum atomic E-state index is -0.182. The smallest absolute Gasteiger partial charge is 0.197 e. The number of carbonyl (C=O) groups is 1. The number of rotatable bonds is 4. The van der Waals surface area contributed by atoms with Crippen molar-refractivity contribution in [2.24, 2.45) is 0 Å². The zero-order chi connectivity index (χ0) is 17.4. The summed E-state index contributed by atoms with van der Waals surface area (Å²) in [6.45, 7) is 0.766. The molecule has 1 heterocycles. The Hall–Kier alpha value is -3.01. The number of allylic oxidation sites excluding steroid dienone is 2. The molecule has 0 spiro atoms. The van der Waals surface area contributed by atoms with Crippen molar-refractivity contribution in [2.45, 2.75) is 18.9 Å². The van der Waals surface area contributed by atoms with Gasteiger partial charge in [0.1, 0.15) is 5.75 Å². The summed E-state index contributed by atoms with van der Waals surface area (Å²) in [4.78, 5) is 11.6. The number of carbonyl (C=O) groups excluding carboxylic acids is 1. The first-order valence-electron chi connectivity index (χ1n) is 8.30. The van der Waals surface area contributed by atoms with Gasteiger partial charge in [0, 0.05) is 30.6 Å². The third-order valence-corrected chi connectivity index (χ3v) is 4.79. The summed E-state index contributed by atoms with van der Waals surface area (Å²) >= 11 is 0. The van der Waals surface area contributed by atoms with E-state index in [0.29, 0.717) is 6.42 Å². The topological polar surface area (TPSA) is 51.5 Å². The Morgan fingerprint density at radius 2 is 1.96 bits per heavy atom. The Morgan fingerprint density at radius 1 is 1.16 bits per heavy atom. The van der Waals surface area contributed by atoms with E-state index in [-0.39, 0.29) is 17.5 Å². The van der Waals surface area contributed by atoms with Crippen molar-refractivity contribution < 1.29 is 14.6 Å². The van der Waals surface area contributed by atoms with E-state index < -0.39 is 0 Å². The average molecular weight is 333 g/mol. The molecule has 4 heteroatoms. The van der Waals surface area contributed by atoms with Gasteiger partial charge in [-0.2, -0.15) is 0 Å². The van der Waals surface area contributed by atoms with Crippen LogP contribution in [-0.2, 0) is 11.3 Å². The van der Waals surface area contributed by atoms with Gasteiger partial charge in [0.05, 0.1) is 7.11 Å². The third-order valence-electron chi connectivity index (χ3n) is 4.79. The summed E-state index contributed by atoms with van der Waals surface area (Å²) in [6, 6.07) is 16.4. The number of methoxy groups -OCH3 is 1. The highest BCUT2D eigenvalue weighted by molar-refractivity contribution is 5.96. The summed E-state index contributed by atoms with van der Waals surface area (Å²) in [6.07, 6.45) is 4.07. The third kappa shape index (κ3) is 2.91. The maximum absolute atomic E-state index is 11.6. The zero-order valence-electron chi connectivity index (χ0n) is 14.0. The van der Waals surface area contributed by atoms with Crippen molar-refractivity contribution in [2.75, 3.05) is 7.11 Å². The molecule has 3 aromatic rings. The Bertz CT molecular complexity index is 966. The normalized spacial score (nSPS) is 17.1. The molecule has 0 saturated heterocycles. The Labute approximate surface area is 146 Å². The molecule has 126 valence electrons. The molecule has 1 N–H and O–H groups in total. The molecule has 1 unspecified atom stereocenters. The number of aromatic nitrogens is 1. The molecular formula is C21H19NO3. The number of hydrogen-bond donors (Lipinski definition) is 1. The predicted molar refractivity (Wildman–Crippen MR) is 97.1 cm³/mol. The van der Waals surface area contributed by atoms with Crippen LogP contribution in [-0.4, -0.2) is 22.6 Å². The highest BCUT2D eigenvalue weighted by atomic mass is 16.5. The number of hydrogen-bond acceptors (Lipinski definition) is 3. The summed E-state index contributed by atoms with van der Waals surface area (Å²) < 4.78 is 7.40. The lowest BCUT2D eigenvalue weighted by Gasteiger charge is -2.10. The second-order valence-electron chi connectivity index (χ2n) is 6.40. The molecular weight excluding hydrogens is 314 g/mol.